The summed E-state index contributed by atoms with van der Waals surface area (Å²) in [4.78, 5) is 10.6. The van der Waals surface area contributed by atoms with Gasteiger partial charge in [0.15, 0.2) is 7.60 Å². The molecule has 0 aliphatic carbocycles. The number of aliphatic hydroxyl groups excluding tert-OH is 1. The SMILES string of the molecule is NCCCCCCOP(=O)([O-])CO. The number of aliphatic hydroxyl groups is 1. The van der Waals surface area contributed by atoms with Crippen molar-refractivity contribution in [2.45, 2.75) is 25.7 Å². The molecule has 0 aliphatic heterocycles. The molecule has 0 bridgehead atoms. The molecule has 0 aromatic heterocycles. The van der Waals surface area contributed by atoms with Crippen LogP contribution in [0, 0.1) is 0 Å². The predicted octanol–water partition coefficient (Wildman–Crippen LogP) is 0.0253. The Bertz CT molecular complexity index is 165. The maximum Gasteiger partial charge on any atom is 0.160 e. The molecule has 1 unspecified atom stereocenters. The molecule has 0 spiro atoms. The van der Waals surface area contributed by atoms with Gasteiger partial charge in [0.1, 0.15) is 6.35 Å². The number of hydrogen-bond donors (Lipinski definition) is 2. The average molecular weight is 210 g/mol. The molecule has 0 fully saturated rings. The summed E-state index contributed by atoms with van der Waals surface area (Å²) in [5.41, 5.74) is 5.28. The summed E-state index contributed by atoms with van der Waals surface area (Å²) in [7, 11) is -3.95. The lowest BCUT2D eigenvalue weighted by Gasteiger charge is -2.19. The van der Waals surface area contributed by atoms with Crippen molar-refractivity contribution in [2.75, 3.05) is 19.5 Å². The van der Waals surface area contributed by atoms with Crippen LogP contribution in [-0.4, -0.2) is 24.6 Å². The quantitative estimate of drug-likeness (QED) is 0.435. The minimum atomic E-state index is -3.95. The van der Waals surface area contributed by atoms with Gasteiger partial charge in [0, 0.05) is 0 Å². The number of rotatable bonds is 8. The van der Waals surface area contributed by atoms with Gasteiger partial charge < -0.3 is 24.8 Å². The van der Waals surface area contributed by atoms with Gasteiger partial charge in [-0.2, -0.15) is 0 Å². The molecule has 0 aliphatic rings. The lowest BCUT2D eigenvalue weighted by molar-refractivity contribution is -0.202. The lowest BCUT2D eigenvalue weighted by atomic mass is 10.2. The van der Waals surface area contributed by atoms with Gasteiger partial charge in [0.25, 0.3) is 0 Å². The van der Waals surface area contributed by atoms with Gasteiger partial charge in [-0.15, -0.1) is 0 Å². The fraction of sp³-hybridized carbons (Fsp3) is 1.00. The van der Waals surface area contributed by atoms with Crippen LogP contribution in [0.2, 0.25) is 0 Å². The molecule has 0 saturated heterocycles. The summed E-state index contributed by atoms with van der Waals surface area (Å²) >= 11 is 0. The zero-order valence-corrected chi connectivity index (χ0v) is 8.54. The van der Waals surface area contributed by atoms with E-state index in [1.54, 1.807) is 0 Å². The number of hydrogen-bond acceptors (Lipinski definition) is 5. The first kappa shape index (κ1) is 13.1. The third-order valence-electron chi connectivity index (χ3n) is 1.56. The summed E-state index contributed by atoms with van der Waals surface area (Å²) in [6, 6.07) is 0. The highest BCUT2D eigenvalue weighted by Crippen LogP contribution is 2.34. The van der Waals surface area contributed by atoms with Crippen molar-refractivity contribution in [3.63, 3.8) is 0 Å². The van der Waals surface area contributed by atoms with E-state index in [2.05, 4.69) is 4.52 Å². The summed E-state index contributed by atoms with van der Waals surface area (Å²) in [6.45, 7) is 0.823. The van der Waals surface area contributed by atoms with Gasteiger partial charge in [0.2, 0.25) is 0 Å². The summed E-state index contributed by atoms with van der Waals surface area (Å²) in [5.74, 6) is 0. The molecule has 80 valence electrons. The molecule has 0 aromatic rings. The molecule has 1 atom stereocenters. The highest BCUT2D eigenvalue weighted by Gasteiger charge is 2.04. The van der Waals surface area contributed by atoms with Gasteiger partial charge in [-0.25, -0.2) is 0 Å². The largest absolute Gasteiger partial charge is 0.777 e. The smallest absolute Gasteiger partial charge is 0.160 e. The van der Waals surface area contributed by atoms with Crippen LogP contribution < -0.4 is 10.6 Å². The van der Waals surface area contributed by atoms with Crippen molar-refractivity contribution < 1.29 is 19.1 Å². The second kappa shape index (κ2) is 7.47. The predicted molar refractivity (Wildman–Crippen MR) is 48.2 cm³/mol. The topological polar surface area (TPSA) is 95.6 Å². The second-order valence-corrected chi connectivity index (χ2v) is 4.55. The monoisotopic (exact) mass is 210 g/mol. The molecule has 0 aromatic carbocycles. The number of unbranched alkanes of at least 4 members (excludes halogenated alkanes) is 3. The Hall–Kier alpha value is 0.0700. The highest BCUT2D eigenvalue weighted by atomic mass is 31.2. The zero-order valence-electron chi connectivity index (χ0n) is 7.65. The van der Waals surface area contributed by atoms with Gasteiger partial charge in [0.05, 0.1) is 6.61 Å². The van der Waals surface area contributed by atoms with Crippen LogP contribution in [0.5, 0.6) is 0 Å². The highest BCUT2D eigenvalue weighted by molar-refractivity contribution is 7.51. The standard InChI is InChI=1S/C7H18NO4P/c8-5-3-1-2-4-6-12-13(10,11)7-9/h9H,1-8H2,(H,10,11)/p-1. The molecule has 3 N–H and O–H groups in total. The van der Waals surface area contributed by atoms with Crippen molar-refractivity contribution >= 4 is 7.60 Å². The van der Waals surface area contributed by atoms with Crippen molar-refractivity contribution in [1.82, 2.24) is 0 Å². The molecule has 0 heterocycles. The van der Waals surface area contributed by atoms with E-state index in [-0.39, 0.29) is 6.61 Å². The summed E-state index contributed by atoms with van der Waals surface area (Å²) < 4.78 is 15.1. The number of nitrogens with two attached hydrogens (primary N) is 1. The van der Waals surface area contributed by atoms with E-state index in [9.17, 15) is 9.46 Å². The second-order valence-electron chi connectivity index (χ2n) is 2.79. The average Bonchev–Trinajstić information content (AvgIpc) is 2.11. The molecule has 0 radical (unpaired) electrons. The van der Waals surface area contributed by atoms with E-state index >= 15 is 0 Å². The van der Waals surface area contributed by atoms with E-state index in [0.717, 1.165) is 19.3 Å². The van der Waals surface area contributed by atoms with E-state index in [4.69, 9.17) is 10.8 Å². The van der Waals surface area contributed by atoms with Crippen LogP contribution in [-0.2, 0) is 9.09 Å². The summed E-state index contributed by atoms with van der Waals surface area (Å²) in [6.07, 6.45) is 2.61. The van der Waals surface area contributed by atoms with Gasteiger partial charge in [-0.3, -0.25) is 0 Å². The Labute approximate surface area is 78.4 Å². The first-order valence-corrected chi connectivity index (χ1v) is 6.11. The fourth-order valence-corrected chi connectivity index (χ4v) is 1.33. The third kappa shape index (κ3) is 8.40. The van der Waals surface area contributed by atoms with Crippen LogP contribution in [0.15, 0.2) is 0 Å². The molecule has 0 saturated carbocycles. The molecule has 6 heteroatoms. The van der Waals surface area contributed by atoms with Crippen LogP contribution in [0.25, 0.3) is 0 Å². The van der Waals surface area contributed by atoms with Crippen molar-refractivity contribution in [1.29, 1.82) is 0 Å². The molecule has 5 nitrogen and oxygen atoms in total. The summed E-state index contributed by atoms with van der Waals surface area (Å²) in [5, 5.41) is 8.32. The maximum atomic E-state index is 10.6. The molecule has 0 amide bonds. The normalized spacial score (nSPS) is 15.6. The Morgan fingerprint density at radius 1 is 1.31 bits per heavy atom. The van der Waals surface area contributed by atoms with Crippen LogP contribution in [0.3, 0.4) is 0 Å². The Balaban J connectivity index is 3.21. The first-order chi connectivity index (χ1) is 6.12. The fourth-order valence-electron chi connectivity index (χ4n) is 0.844. The third-order valence-corrected chi connectivity index (χ3v) is 2.48. The minimum Gasteiger partial charge on any atom is -0.777 e. The molecule has 0 rings (SSSR count). The van der Waals surface area contributed by atoms with E-state index in [0.29, 0.717) is 13.0 Å². The lowest BCUT2D eigenvalue weighted by Crippen LogP contribution is -2.08. The molecular weight excluding hydrogens is 193 g/mol. The Morgan fingerprint density at radius 2 is 1.92 bits per heavy atom. The van der Waals surface area contributed by atoms with Gasteiger partial charge in [-0.1, -0.05) is 12.8 Å². The van der Waals surface area contributed by atoms with E-state index in [1.165, 1.54) is 0 Å². The van der Waals surface area contributed by atoms with Crippen molar-refractivity contribution in [3.8, 4) is 0 Å². The Morgan fingerprint density at radius 3 is 2.46 bits per heavy atom. The first-order valence-electron chi connectivity index (χ1n) is 4.38. The van der Waals surface area contributed by atoms with Crippen molar-refractivity contribution in [3.05, 3.63) is 0 Å². The van der Waals surface area contributed by atoms with Gasteiger partial charge in [-0.05, 0) is 19.4 Å². The van der Waals surface area contributed by atoms with Crippen LogP contribution >= 0.6 is 7.60 Å². The maximum absolute atomic E-state index is 10.6. The Kier molecular flexibility index (Phi) is 7.51. The molecule has 13 heavy (non-hydrogen) atoms. The van der Waals surface area contributed by atoms with E-state index in [1.807, 2.05) is 0 Å². The van der Waals surface area contributed by atoms with Crippen LogP contribution in [0.4, 0.5) is 0 Å². The van der Waals surface area contributed by atoms with Crippen LogP contribution in [0.1, 0.15) is 25.7 Å². The van der Waals surface area contributed by atoms with E-state index < -0.39 is 13.9 Å². The van der Waals surface area contributed by atoms with Crippen molar-refractivity contribution in [2.24, 2.45) is 5.73 Å². The van der Waals surface area contributed by atoms with Gasteiger partial charge >= 0.3 is 0 Å². The molecular formula is C7H17NO4P-. The minimum absolute atomic E-state index is 0.159. The zero-order chi connectivity index (χ0) is 10.2.